The average Bonchev–Trinajstić information content (AvgIpc) is 3.34. The first-order valence-corrected chi connectivity index (χ1v) is 11.1. The first kappa shape index (κ1) is 22.9. The number of fused-ring (bicyclic) bond motifs is 1. The molecule has 4 rings (SSSR count). The molecule has 30 heavy (non-hydrogen) atoms. The molecule has 3 saturated heterocycles. The fourth-order valence-corrected chi connectivity index (χ4v) is 5.37. The van der Waals surface area contributed by atoms with Crippen molar-refractivity contribution in [2.75, 3.05) is 39.8 Å². The fourth-order valence-electron chi connectivity index (χ4n) is 5.37. The summed E-state index contributed by atoms with van der Waals surface area (Å²) in [6, 6.07) is 7.62. The van der Waals surface area contributed by atoms with Crippen LogP contribution in [0.4, 0.5) is 0 Å². The van der Waals surface area contributed by atoms with Crippen molar-refractivity contribution in [1.82, 2.24) is 15.1 Å². The molecule has 1 aromatic carbocycles. The lowest BCUT2D eigenvalue weighted by Gasteiger charge is -2.42. The van der Waals surface area contributed by atoms with E-state index in [4.69, 9.17) is 4.74 Å². The number of likely N-dealkylation sites (tertiary alicyclic amines) is 2. The summed E-state index contributed by atoms with van der Waals surface area (Å²) in [5.74, 6) is 2.07. The molecule has 166 valence electrons. The standard InChI is InChI=1S/C23H33N3O3.ClH/c1-3-4-11-26-21(27)10-9-19(22(26)18-7-5-6-8-20(18)29-2)23(28)25-14-16-12-24-13-17(16)15-25;/h5-8,16-17,19,22,24H,3-4,9-15H2,1-2H3;1H/t16-,17+,19?,22?;. The molecule has 0 aliphatic carbocycles. The van der Waals surface area contributed by atoms with Crippen molar-refractivity contribution in [1.29, 1.82) is 0 Å². The lowest BCUT2D eigenvalue weighted by Crippen LogP contribution is -2.49. The number of ether oxygens (including phenoxy) is 1. The zero-order chi connectivity index (χ0) is 20.4. The number of rotatable bonds is 6. The van der Waals surface area contributed by atoms with Gasteiger partial charge < -0.3 is 19.9 Å². The molecule has 1 aromatic rings. The maximum atomic E-state index is 13.7. The van der Waals surface area contributed by atoms with E-state index in [0.717, 1.165) is 50.3 Å². The SMILES string of the molecule is CCCCN1C(=O)CCC(C(=O)N2C[C@H]3CNC[C@H]3C2)C1c1ccccc1OC.Cl. The molecule has 3 aliphatic heterocycles. The molecule has 0 spiro atoms. The second-order valence-corrected chi connectivity index (χ2v) is 8.69. The lowest BCUT2D eigenvalue weighted by molar-refractivity contribution is -0.147. The van der Waals surface area contributed by atoms with Gasteiger partial charge in [0.25, 0.3) is 0 Å². The monoisotopic (exact) mass is 435 g/mol. The molecule has 7 heteroatoms. The van der Waals surface area contributed by atoms with E-state index in [1.165, 1.54) is 0 Å². The largest absolute Gasteiger partial charge is 0.496 e. The Bertz CT molecular complexity index is 747. The van der Waals surface area contributed by atoms with Crippen LogP contribution in [-0.2, 0) is 9.59 Å². The van der Waals surface area contributed by atoms with Crippen LogP contribution in [0.2, 0.25) is 0 Å². The summed E-state index contributed by atoms with van der Waals surface area (Å²) in [5, 5.41) is 3.44. The third-order valence-corrected chi connectivity index (χ3v) is 6.93. The van der Waals surface area contributed by atoms with Crippen LogP contribution < -0.4 is 10.1 Å². The highest BCUT2D eigenvalue weighted by Gasteiger charge is 2.46. The van der Waals surface area contributed by atoms with Crippen LogP contribution in [0, 0.1) is 17.8 Å². The summed E-state index contributed by atoms with van der Waals surface area (Å²) in [6.07, 6.45) is 3.03. The zero-order valence-electron chi connectivity index (χ0n) is 18.0. The highest BCUT2D eigenvalue weighted by atomic mass is 35.5. The number of carbonyl (C=O) groups is 2. The molecule has 3 aliphatic rings. The molecular formula is C23H34ClN3O3. The number of benzene rings is 1. The van der Waals surface area contributed by atoms with E-state index in [9.17, 15) is 9.59 Å². The number of nitrogens with one attached hydrogen (secondary N) is 1. The van der Waals surface area contributed by atoms with Gasteiger partial charge in [0.15, 0.2) is 0 Å². The molecule has 2 amide bonds. The number of amides is 2. The smallest absolute Gasteiger partial charge is 0.228 e. The van der Waals surface area contributed by atoms with Crippen LogP contribution in [0.25, 0.3) is 0 Å². The number of hydrogen-bond acceptors (Lipinski definition) is 4. The Kier molecular flexibility index (Phi) is 7.64. The Morgan fingerprint density at radius 3 is 2.57 bits per heavy atom. The predicted molar refractivity (Wildman–Crippen MR) is 119 cm³/mol. The molecule has 0 bridgehead atoms. The van der Waals surface area contributed by atoms with Crippen molar-refractivity contribution in [2.45, 2.75) is 38.6 Å². The van der Waals surface area contributed by atoms with Gasteiger partial charge in [0, 0.05) is 44.7 Å². The van der Waals surface area contributed by atoms with Gasteiger partial charge in [-0.2, -0.15) is 0 Å². The molecule has 0 saturated carbocycles. The van der Waals surface area contributed by atoms with Gasteiger partial charge in [0.05, 0.1) is 19.1 Å². The van der Waals surface area contributed by atoms with E-state index in [1.54, 1.807) is 7.11 Å². The van der Waals surface area contributed by atoms with E-state index in [-0.39, 0.29) is 36.2 Å². The van der Waals surface area contributed by atoms with Crippen LogP contribution in [0.3, 0.4) is 0 Å². The highest BCUT2D eigenvalue weighted by Crippen LogP contribution is 2.42. The Labute approximate surface area is 185 Å². The molecule has 4 atom stereocenters. The molecule has 3 fully saturated rings. The van der Waals surface area contributed by atoms with Crippen LogP contribution in [-0.4, -0.2) is 61.4 Å². The Morgan fingerprint density at radius 1 is 1.20 bits per heavy atom. The maximum Gasteiger partial charge on any atom is 0.228 e. The van der Waals surface area contributed by atoms with Gasteiger partial charge in [-0.15, -0.1) is 12.4 Å². The van der Waals surface area contributed by atoms with Gasteiger partial charge in [-0.3, -0.25) is 9.59 Å². The number of nitrogens with zero attached hydrogens (tertiary/aromatic N) is 2. The average molecular weight is 436 g/mol. The van der Waals surface area contributed by atoms with E-state index in [2.05, 4.69) is 17.1 Å². The first-order valence-electron chi connectivity index (χ1n) is 11.1. The van der Waals surface area contributed by atoms with Gasteiger partial charge in [0.2, 0.25) is 11.8 Å². The van der Waals surface area contributed by atoms with Gasteiger partial charge in [-0.1, -0.05) is 31.5 Å². The van der Waals surface area contributed by atoms with Crippen molar-refractivity contribution in [2.24, 2.45) is 17.8 Å². The lowest BCUT2D eigenvalue weighted by atomic mass is 9.82. The van der Waals surface area contributed by atoms with Crippen molar-refractivity contribution in [3.63, 3.8) is 0 Å². The second-order valence-electron chi connectivity index (χ2n) is 8.69. The van der Waals surface area contributed by atoms with E-state index in [0.29, 0.717) is 31.2 Å². The van der Waals surface area contributed by atoms with Crippen LogP contribution in [0.5, 0.6) is 5.75 Å². The number of piperidine rings is 1. The molecular weight excluding hydrogens is 402 g/mol. The number of carbonyl (C=O) groups excluding carboxylic acids is 2. The minimum absolute atomic E-state index is 0. The van der Waals surface area contributed by atoms with Crippen molar-refractivity contribution < 1.29 is 14.3 Å². The Morgan fingerprint density at radius 2 is 1.90 bits per heavy atom. The van der Waals surface area contributed by atoms with Crippen LogP contribution in [0.15, 0.2) is 24.3 Å². The van der Waals surface area contributed by atoms with Crippen molar-refractivity contribution in [3.05, 3.63) is 29.8 Å². The predicted octanol–water partition coefficient (Wildman–Crippen LogP) is 2.87. The molecule has 1 N–H and O–H groups in total. The maximum absolute atomic E-state index is 13.7. The molecule has 6 nitrogen and oxygen atoms in total. The quantitative estimate of drug-likeness (QED) is 0.746. The number of hydrogen-bond donors (Lipinski definition) is 1. The summed E-state index contributed by atoms with van der Waals surface area (Å²) in [6.45, 7) is 6.53. The number of methoxy groups -OCH3 is 1. The van der Waals surface area contributed by atoms with Gasteiger partial charge in [0.1, 0.15) is 5.75 Å². The van der Waals surface area contributed by atoms with Gasteiger partial charge in [-0.25, -0.2) is 0 Å². The Balaban J connectivity index is 0.00000256. The summed E-state index contributed by atoms with van der Waals surface area (Å²) in [7, 11) is 1.66. The van der Waals surface area contributed by atoms with Crippen LogP contribution in [0.1, 0.15) is 44.2 Å². The summed E-state index contributed by atoms with van der Waals surface area (Å²) in [4.78, 5) is 30.6. The molecule has 0 radical (unpaired) electrons. The molecule has 0 aromatic heterocycles. The molecule has 2 unspecified atom stereocenters. The summed E-state index contributed by atoms with van der Waals surface area (Å²) >= 11 is 0. The van der Waals surface area contributed by atoms with E-state index >= 15 is 0 Å². The zero-order valence-corrected chi connectivity index (χ0v) is 18.8. The van der Waals surface area contributed by atoms with Gasteiger partial charge >= 0.3 is 0 Å². The second kappa shape index (κ2) is 10.0. The van der Waals surface area contributed by atoms with Gasteiger partial charge in [-0.05, 0) is 30.7 Å². The van der Waals surface area contributed by atoms with Crippen molar-refractivity contribution >= 4 is 24.2 Å². The number of para-hydroxylation sites is 1. The number of halogens is 1. The molecule has 3 heterocycles. The topological polar surface area (TPSA) is 61.9 Å². The normalized spacial score (nSPS) is 28.3. The minimum Gasteiger partial charge on any atom is -0.496 e. The third kappa shape index (κ3) is 4.30. The summed E-state index contributed by atoms with van der Waals surface area (Å²) in [5.41, 5.74) is 0.957. The summed E-state index contributed by atoms with van der Waals surface area (Å²) < 4.78 is 5.63. The van der Waals surface area contributed by atoms with Crippen molar-refractivity contribution in [3.8, 4) is 5.75 Å². The van der Waals surface area contributed by atoms with Crippen LogP contribution >= 0.6 is 12.4 Å². The first-order chi connectivity index (χ1) is 14.1. The van der Waals surface area contributed by atoms with E-state index in [1.807, 2.05) is 29.2 Å². The highest BCUT2D eigenvalue weighted by molar-refractivity contribution is 5.86. The van der Waals surface area contributed by atoms with E-state index < -0.39 is 0 Å². The Hall–Kier alpha value is -1.79. The fraction of sp³-hybridized carbons (Fsp3) is 0.652. The minimum atomic E-state index is -0.245. The third-order valence-electron chi connectivity index (χ3n) is 6.93. The number of unbranched alkanes of at least 4 members (excludes halogenated alkanes) is 1.